The Labute approximate surface area is 129 Å². The molecule has 1 aromatic carbocycles. The first-order chi connectivity index (χ1) is 10.6. The summed E-state index contributed by atoms with van der Waals surface area (Å²) >= 11 is 0. The monoisotopic (exact) mass is 297 g/mol. The van der Waals surface area contributed by atoms with E-state index in [0.717, 1.165) is 28.6 Å². The van der Waals surface area contributed by atoms with Gasteiger partial charge in [0.2, 0.25) is 0 Å². The van der Waals surface area contributed by atoms with Crippen molar-refractivity contribution in [2.75, 3.05) is 12.8 Å². The molecular formula is C18H19NO3. The Morgan fingerprint density at radius 3 is 1.95 bits per heavy atom. The zero-order valence-corrected chi connectivity index (χ0v) is 12.9. The molecule has 2 N–H and O–H groups in total. The molecule has 3 rings (SSSR count). The molecule has 0 amide bonds. The van der Waals surface area contributed by atoms with Crippen molar-refractivity contribution in [1.29, 1.82) is 0 Å². The number of ether oxygens (including phenoxy) is 1. The van der Waals surface area contributed by atoms with Gasteiger partial charge in [0.25, 0.3) is 0 Å². The summed E-state index contributed by atoms with van der Waals surface area (Å²) in [7, 11) is 1.61. The van der Waals surface area contributed by atoms with Gasteiger partial charge in [0, 0.05) is 0 Å². The molecule has 0 spiro atoms. The Kier molecular flexibility index (Phi) is 3.67. The summed E-state index contributed by atoms with van der Waals surface area (Å²) < 4.78 is 17.0. The van der Waals surface area contributed by atoms with Crippen LogP contribution in [0.1, 0.15) is 34.5 Å². The molecule has 0 bridgehead atoms. The summed E-state index contributed by atoms with van der Waals surface area (Å²) in [5.41, 5.74) is 7.78. The number of nitrogen functional groups attached to an aromatic ring is 1. The van der Waals surface area contributed by atoms with Crippen molar-refractivity contribution in [2.45, 2.75) is 19.8 Å². The van der Waals surface area contributed by atoms with Crippen molar-refractivity contribution >= 4 is 5.69 Å². The summed E-state index contributed by atoms with van der Waals surface area (Å²) in [6, 6.07) is 13.5. The molecule has 0 atom stereocenters. The second-order valence-corrected chi connectivity index (χ2v) is 5.29. The number of hydrogen-bond acceptors (Lipinski definition) is 4. The number of nitrogens with two attached hydrogens (primary N) is 1. The van der Waals surface area contributed by atoms with Gasteiger partial charge in [0.15, 0.2) is 0 Å². The van der Waals surface area contributed by atoms with Gasteiger partial charge in [0.1, 0.15) is 34.7 Å². The van der Waals surface area contributed by atoms with E-state index in [-0.39, 0.29) is 5.92 Å². The number of para-hydroxylation sites is 1. The fourth-order valence-corrected chi connectivity index (χ4v) is 2.65. The molecule has 3 aromatic rings. The predicted molar refractivity (Wildman–Crippen MR) is 85.2 cm³/mol. The van der Waals surface area contributed by atoms with Crippen molar-refractivity contribution in [3.63, 3.8) is 0 Å². The van der Waals surface area contributed by atoms with Crippen molar-refractivity contribution in [3.05, 3.63) is 71.1 Å². The van der Waals surface area contributed by atoms with Crippen LogP contribution in [0.15, 0.2) is 51.3 Å². The van der Waals surface area contributed by atoms with Crippen molar-refractivity contribution in [2.24, 2.45) is 0 Å². The van der Waals surface area contributed by atoms with Gasteiger partial charge in [-0.2, -0.15) is 0 Å². The van der Waals surface area contributed by atoms with E-state index in [1.54, 1.807) is 7.11 Å². The number of methoxy groups -OCH3 is 1. The minimum atomic E-state index is -0.197. The Morgan fingerprint density at radius 2 is 1.50 bits per heavy atom. The topological polar surface area (TPSA) is 61.5 Å². The van der Waals surface area contributed by atoms with E-state index in [2.05, 4.69) is 0 Å². The summed E-state index contributed by atoms with van der Waals surface area (Å²) in [5.74, 6) is 3.75. The third kappa shape index (κ3) is 2.48. The van der Waals surface area contributed by atoms with Crippen LogP contribution < -0.4 is 10.5 Å². The lowest BCUT2D eigenvalue weighted by atomic mass is 9.92. The summed E-state index contributed by atoms with van der Waals surface area (Å²) in [4.78, 5) is 0. The summed E-state index contributed by atoms with van der Waals surface area (Å²) in [6.45, 7) is 3.84. The first-order valence-electron chi connectivity index (χ1n) is 7.15. The highest BCUT2D eigenvalue weighted by atomic mass is 16.5. The average Bonchev–Trinajstić information content (AvgIpc) is 3.11. The largest absolute Gasteiger partial charge is 0.495 e. The lowest BCUT2D eigenvalue weighted by Crippen LogP contribution is -2.06. The first-order valence-corrected chi connectivity index (χ1v) is 7.15. The molecule has 2 heterocycles. The molecule has 0 fully saturated rings. The van der Waals surface area contributed by atoms with Gasteiger partial charge in [0.05, 0.1) is 12.8 Å². The van der Waals surface area contributed by atoms with Crippen molar-refractivity contribution < 1.29 is 13.6 Å². The number of hydrogen-bond donors (Lipinski definition) is 1. The van der Waals surface area contributed by atoms with Crippen molar-refractivity contribution in [1.82, 2.24) is 0 Å². The first kappa shape index (κ1) is 14.3. The Morgan fingerprint density at radius 1 is 0.909 bits per heavy atom. The average molecular weight is 297 g/mol. The molecule has 0 radical (unpaired) electrons. The van der Waals surface area contributed by atoms with E-state index in [1.807, 2.05) is 56.3 Å². The SMILES string of the molecule is COc1cccc(C(c2ccc(C)o2)c2ccc(C)o2)c1N. The van der Waals surface area contributed by atoms with Gasteiger partial charge in [-0.15, -0.1) is 0 Å². The highest BCUT2D eigenvalue weighted by Gasteiger charge is 2.26. The summed E-state index contributed by atoms with van der Waals surface area (Å²) in [6.07, 6.45) is 0. The van der Waals surface area contributed by atoms with Crippen LogP contribution in [0.25, 0.3) is 0 Å². The van der Waals surface area contributed by atoms with E-state index < -0.39 is 0 Å². The minimum absolute atomic E-state index is 0.197. The smallest absolute Gasteiger partial charge is 0.142 e. The number of furan rings is 2. The van der Waals surface area contributed by atoms with Gasteiger partial charge in [-0.3, -0.25) is 0 Å². The maximum absolute atomic E-state index is 6.27. The molecule has 22 heavy (non-hydrogen) atoms. The van der Waals surface area contributed by atoms with Crippen LogP contribution in [-0.2, 0) is 0 Å². The van der Waals surface area contributed by atoms with E-state index >= 15 is 0 Å². The number of aryl methyl sites for hydroxylation is 2. The fraction of sp³-hybridized carbons (Fsp3) is 0.222. The quantitative estimate of drug-likeness (QED) is 0.731. The lowest BCUT2D eigenvalue weighted by Gasteiger charge is -2.17. The molecule has 2 aromatic heterocycles. The highest BCUT2D eigenvalue weighted by Crippen LogP contribution is 2.39. The van der Waals surface area contributed by atoms with Gasteiger partial charge in [-0.25, -0.2) is 0 Å². The van der Waals surface area contributed by atoms with Crippen LogP contribution in [0.4, 0.5) is 5.69 Å². The third-order valence-electron chi connectivity index (χ3n) is 3.72. The number of anilines is 1. The van der Waals surface area contributed by atoms with Gasteiger partial charge in [-0.05, 0) is 49.7 Å². The maximum atomic E-state index is 6.27. The van der Waals surface area contributed by atoms with Crippen LogP contribution in [0, 0.1) is 13.8 Å². The molecule has 0 saturated carbocycles. The van der Waals surface area contributed by atoms with E-state index in [0.29, 0.717) is 11.4 Å². The molecule has 0 saturated heterocycles. The fourth-order valence-electron chi connectivity index (χ4n) is 2.65. The van der Waals surface area contributed by atoms with E-state index in [1.165, 1.54) is 0 Å². The second kappa shape index (κ2) is 5.64. The van der Waals surface area contributed by atoms with Crippen LogP contribution in [0.3, 0.4) is 0 Å². The normalized spacial score (nSPS) is 11.1. The van der Waals surface area contributed by atoms with Gasteiger partial charge in [-0.1, -0.05) is 12.1 Å². The third-order valence-corrected chi connectivity index (χ3v) is 3.72. The molecule has 0 aliphatic carbocycles. The molecule has 0 aliphatic heterocycles. The van der Waals surface area contributed by atoms with E-state index in [4.69, 9.17) is 19.3 Å². The zero-order valence-electron chi connectivity index (χ0n) is 12.9. The Hall–Kier alpha value is -2.62. The van der Waals surface area contributed by atoms with Crippen LogP contribution in [-0.4, -0.2) is 7.11 Å². The molecular weight excluding hydrogens is 278 g/mol. The standard InChI is InChI=1S/C18H19NO3/c1-11-7-9-14(21-11)17(15-10-8-12(2)22-15)13-5-4-6-16(20-3)18(13)19/h4-10,17H,19H2,1-3H3. The van der Waals surface area contributed by atoms with Crippen LogP contribution >= 0.6 is 0 Å². The van der Waals surface area contributed by atoms with Crippen LogP contribution in [0.5, 0.6) is 5.75 Å². The van der Waals surface area contributed by atoms with E-state index in [9.17, 15) is 0 Å². The van der Waals surface area contributed by atoms with Crippen LogP contribution in [0.2, 0.25) is 0 Å². The summed E-state index contributed by atoms with van der Waals surface area (Å²) in [5, 5.41) is 0. The number of benzene rings is 1. The molecule has 0 unspecified atom stereocenters. The second-order valence-electron chi connectivity index (χ2n) is 5.29. The predicted octanol–water partition coefficient (Wildman–Crippen LogP) is 4.26. The zero-order chi connectivity index (χ0) is 15.7. The molecule has 0 aliphatic rings. The minimum Gasteiger partial charge on any atom is -0.495 e. The Balaban J connectivity index is 2.18. The molecule has 4 heteroatoms. The maximum Gasteiger partial charge on any atom is 0.142 e. The lowest BCUT2D eigenvalue weighted by molar-refractivity contribution is 0.413. The number of rotatable bonds is 4. The van der Waals surface area contributed by atoms with Crippen molar-refractivity contribution in [3.8, 4) is 5.75 Å². The highest BCUT2D eigenvalue weighted by molar-refractivity contribution is 5.62. The molecule has 4 nitrogen and oxygen atoms in total. The van der Waals surface area contributed by atoms with Gasteiger partial charge < -0.3 is 19.3 Å². The van der Waals surface area contributed by atoms with Gasteiger partial charge >= 0.3 is 0 Å². The Bertz CT molecular complexity index is 745. The molecule has 114 valence electrons.